The van der Waals surface area contributed by atoms with E-state index in [-0.39, 0.29) is 5.91 Å². The van der Waals surface area contributed by atoms with Crippen molar-refractivity contribution in [1.82, 2.24) is 5.32 Å². The van der Waals surface area contributed by atoms with Gasteiger partial charge in [0.2, 0.25) is 5.91 Å². The first-order valence-corrected chi connectivity index (χ1v) is 7.95. The molecule has 0 aliphatic rings. The molecule has 0 fully saturated rings. The predicted octanol–water partition coefficient (Wildman–Crippen LogP) is 2.60. The fraction of sp³-hybridized carbons (Fsp3) is 0.263. The van der Waals surface area contributed by atoms with Crippen LogP contribution in [0.1, 0.15) is 22.3 Å². The van der Waals surface area contributed by atoms with Gasteiger partial charge in [0, 0.05) is 25.2 Å². The lowest BCUT2D eigenvalue weighted by atomic mass is 10.1. The summed E-state index contributed by atoms with van der Waals surface area (Å²) in [5.41, 5.74) is 2.10. The van der Waals surface area contributed by atoms with Crippen molar-refractivity contribution in [1.29, 1.82) is 0 Å². The van der Waals surface area contributed by atoms with Crippen LogP contribution < -0.4 is 15.4 Å². The first-order chi connectivity index (χ1) is 12.1. The summed E-state index contributed by atoms with van der Waals surface area (Å²) in [5.74, 6) is 0.300. The lowest BCUT2D eigenvalue weighted by Gasteiger charge is -2.11. The van der Waals surface area contributed by atoms with Crippen LogP contribution in [-0.2, 0) is 16.1 Å². The highest BCUT2D eigenvalue weighted by Gasteiger charge is 2.10. The molecular weight excluding hydrogens is 320 g/mol. The normalized spacial score (nSPS) is 10.0. The molecule has 0 atom stereocenters. The number of benzene rings is 2. The first kappa shape index (κ1) is 18.3. The quantitative estimate of drug-likeness (QED) is 0.721. The highest BCUT2D eigenvalue weighted by molar-refractivity contribution is 5.95. The standard InChI is InChI=1S/C19H22N2O4/c1-24-15-9-7-14(8-10-15)13-21-18(22)11-12-20-17-6-4-3-5-16(17)19(23)25-2/h3-10,20H,11-13H2,1-2H3,(H,21,22). The molecule has 0 unspecified atom stereocenters. The molecule has 6 heteroatoms. The maximum Gasteiger partial charge on any atom is 0.339 e. The van der Waals surface area contributed by atoms with E-state index in [2.05, 4.69) is 10.6 Å². The van der Waals surface area contributed by atoms with Crippen molar-refractivity contribution in [3.8, 4) is 5.75 Å². The molecule has 0 heterocycles. The zero-order valence-corrected chi connectivity index (χ0v) is 14.4. The highest BCUT2D eigenvalue weighted by Crippen LogP contribution is 2.16. The van der Waals surface area contributed by atoms with E-state index in [0.717, 1.165) is 11.3 Å². The summed E-state index contributed by atoms with van der Waals surface area (Å²) in [5, 5.41) is 5.95. The molecule has 132 valence electrons. The number of carbonyl (C=O) groups excluding carboxylic acids is 2. The minimum absolute atomic E-state index is 0.0705. The van der Waals surface area contributed by atoms with Crippen LogP contribution in [0.15, 0.2) is 48.5 Å². The number of esters is 1. The van der Waals surface area contributed by atoms with Gasteiger partial charge in [-0.25, -0.2) is 4.79 Å². The number of para-hydroxylation sites is 1. The Balaban J connectivity index is 1.78. The second kappa shape index (κ2) is 9.32. The Morgan fingerprint density at radius 3 is 2.40 bits per heavy atom. The Hall–Kier alpha value is -3.02. The van der Waals surface area contributed by atoms with E-state index in [1.165, 1.54) is 7.11 Å². The second-order valence-corrected chi connectivity index (χ2v) is 5.34. The van der Waals surface area contributed by atoms with Gasteiger partial charge in [-0.05, 0) is 29.8 Å². The van der Waals surface area contributed by atoms with Crippen LogP contribution >= 0.6 is 0 Å². The lowest BCUT2D eigenvalue weighted by molar-refractivity contribution is -0.121. The molecule has 1 amide bonds. The zero-order chi connectivity index (χ0) is 18.1. The molecule has 2 N–H and O–H groups in total. The molecule has 0 saturated carbocycles. The van der Waals surface area contributed by atoms with E-state index >= 15 is 0 Å². The number of rotatable bonds is 8. The van der Waals surface area contributed by atoms with E-state index < -0.39 is 5.97 Å². The summed E-state index contributed by atoms with van der Waals surface area (Å²) in [7, 11) is 2.95. The summed E-state index contributed by atoms with van der Waals surface area (Å²) in [6.07, 6.45) is 0.297. The third kappa shape index (κ3) is 5.53. The van der Waals surface area contributed by atoms with Crippen molar-refractivity contribution in [3.63, 3.8) is 0 Å². The third-order valence-electron chi connectivity index (χ3n) is 3.65. The molecule has 2 aromatic rings. The predicted molar refractivity (Wildman–Crippen MR) is 95.7 cm³/mol. The van der Waals surface area contributed by atoms with Crippen molar-refractivity contribution < 1.29 is 19.1 Å². The first-order valence-electron chi connectivity index (χ1n) is 7.95. The van der Waals surface area contributed by atoms with E-state index in [9.17, 15) is 9.59 Å². The SMILES string of the molecule is COC(=O)c1ccccc1NCCC(=O)NCc1ccc(OC)cc1. The summed E-state index contributed by atoms with van der Waals surface area (Å²) in [6, 6.07) is 14.6. The molecule has 0 saturated heterocycles. The van der Waals surface area contributed by atoms with Crippen LogP contribution in [0.25, 0.3) is 0 Å². The van der Waals surface area contributed by atoms with Crippen LogP contribution in [-0.4, -0.2) is 32.6 Å². The average Bonchev–Trinajstić information content (AvgIpc) is 2.66. The topological polar surface area (TPSA) is 76.7 Å². The van der Waals surface area contributed by atoms with Crippen molar-refractivity contribution in [2.24, 2.45) is 0 Å². The Morgan fingerprint density at radius 2 is 1.72 bits per heavy atom. The number of hydrogen-bond donors (Lipinski definition) is 2. The van der Waals surface area contributed by atoms with Gasteiger partial charge in [-0.3, -0.25) is 4.79 Å². The average molecular weight is 342 g/mol. The van der Waals surface area contributed by atoms with Gasteiger partial charge in [0.1, 0.15) is 5.75 Å². The molecule has 2 aromatic carbocycles. The van der Waals surface area contributed by atoms with Gasteiger partial charge >= 0.3 is 5.97 Å². The number of anilines is 1. The van der Waals surface area contributed by atoms with Crippen molar-refractivity contribution in [2.75, 3.05) is 26.1 Å². The van der Waals surface area contributed by atoms with Crippen molar-refractivity contribution >= 4 is 17.6 Å². The van der Waals surface area contributed by atoms with E-state index in [0.29, 0.717) is 30.8 Å². The lowest BCUT2D eigenvalue weighted by Crippen LogP contribution is -2.25. The number of nitrogens with one attached hydrogen (secondary N) is 2. The van der Waals surface area contributed by atoms with Gasteiger partial charge in [-0.1, -0.05) is 24.3 Å². The van der Waals surface area contributed by atoms with E-state index in [1.807, 2.05) is 30.3 Å². The van der Waals surface area contributed by atoms with Crippen LogP contribution in [0.2, 0.25) is 0 Å². The molecular formula is C19H22N2O4. The van der Waals surface area contributed by atoms with Gasteiger partial charge in [0.25, 0.3) is 0 Å². The molecule has 0 spiro atoms. The Morgan fingerprint density at radius 1 is 1.00 bits per heavy atom. The van der Waals surface area contributed by atoms with Crippen LogP contribution in [0.4, 0.5) is 5.69 Å². The van der Waals surface area contributed by atoms with Gasteiger partial charge < -0.3 is 20.1 Å². The maximum atomic E-state index is 11.9. The van der Waals surface area contributed by atoms with Crippen molar-refractivity contribution in [2.45, 2.75) is 13.0 Å². The molecule has 0 aliphatic heterocycles. The Bertz CT molecular complexity index is 714. The van der Waals surface area contributed by atoms with Crippen molar-refractivity contribution in [3.05, 3.63) is 59.7 Å². The number of hydrogen-bond acceptors (Lipinski definition) is 5. The largest absolute Gasteiger partial charge is 0.497 e. The zero-order valence-electron chi connectivity index (χ0n) is 14.4. The molecule has 25 heavy (non-hydrogen) atoms. The monoisotopic (exact) mass is 342 g/mol. The minimum atomic E-state index is -0.410. The van der Waals surface area contributed by atoms with E-state index in [1.54, 1.807) is 25.3 Å². The minimum Gasteiger partial charge on any atom is -0.497 e. The fourth-order valence-corrected chi connectivity index (χ4v) is 2.27. The fourth-order valence-electron chi connectivity index (χ4n) is 2.27. The molecule has 6 nitrogen and oxygen atoms in total. The smallest absolute Gasteiger partial charge is 0.339 e. The van der Waals surface area contributed by atoms with Crippen LogP contribution in [0.3, 0.4) is 0 Å². The summed E-state index contributed by atoms with van der Waals surface area (Å²) >= 11 is 0. The van der Waals surface area contributed by atoms with Crippen LogP contribution in [0.5, 0.6) is 5.75 Å². The molecule has 0 aliphatic carbocycles. The van der Waals surface area contributed by atoms with Gasteiger partial charge in [-0.15, -0.1) is 0 Å². The van der Waals surface area contributed by atoms with Crippen LogP contribution in [0, 0.1) is 0 Å². The molecule has 0 aromatic heterocycles. The maximum absolute atomic E-state index is 11.9. The number of methoxy groups -OCH3 is 2. The van der Waals surface area contributed by atoms with Gasteiger partial charge in [0.05, 0.1) is 19.8 Å². The van der Waals surface area contributed by atoms with Gasteiger partial charge in [-0.2, -0.15) is 0 Å². The number of ether oxygens (including phenoxy) is 2. The second-order valence-electron chi connectivity index (χ2n) is 5.34. The molecule has 0 bridgehead atoms. The number of amides is 1. The Kier molecular flexibility index (Phi) is 6.83. The summed E-state index contributed by atoms with van der Waals surface area (Å²) in [6.45, 7) is 0.879. The number of carbonyl (C=O) groups is 2. The third-order valence-corrected chi connectivity index (χ3v) is 3.65. The van der Waals surface area contributed by atoms with Gasteiger partial charge in [0.15, 0.2) is 0 Å². The molecule has 0 radical (unpaired) electrons. The Labute approximate surface area is 147 Å². The summed E-state index contributed by atoms with van der Waals surface area (Å²) < 4.78 is 9.84. The molecule has 2 rings (SSSR count). The van der Waals surface area contributed by atoms with E-state index in [4.69, 9.17) is 9.47 Å². The highest BCUT2D eigenvalue weighted by atomic mass is 16.5. The summed E-state index contributed by atoms with van der Waals surface area (Å²) in [4.78, 5) is 23.6.